The van der Waals surface area contributed by atoms with Crippen LogP contribution in [-0.2, 0) is 18.9 Å². The summed E-state index contributed by atoms with van der Waals surface area (Å²) in [5.74, 6) is 4.22. The van der Waals surface area contributed by atoms with E-state index in [4.69, 9.17) is 91.0 Å². The Labute approximate surface area is 650 Å². The van der Waals surface area contributed by atoms with Crippen LogP contribution in [0.2, 0.25) is 15.7 Å². The fourth-order valence-corrected chi connectivity index (χ4v) is 13.8. The molecule has 0 unspecified atom stereocenters. The highest BCUT2D eigenvalue weighted by molar-refractivity contribution is 6.58. The van der Waals surface area contributed by atoms with Crippen LogP contribution in [0.3, 0.4) is 0 Å². The normalized spacial score (nSPS) is 16.7. The van der Waals surface area contributed by atoms with E-state index in [-0.39, 0.29) is 38.9 Å². The molecule has 0 aliphatic carbocycles. The van der Waals surface area contributed by atoms with E-state index >= 15 is 0 Å². The van der Waals surface area contributed by atoms with Crippen LogP contribution in [0, 0.1) is 21.7 Å². The van der Waals surface area contributed by atoms with Crippen molar-refractivity contribution in [2.45, 2.75) is 22.3 Å². The number of nitrogen functional groups attached to an aromatic ring is 3. The standard InChI is InChI=1S/C23H21N7O2.C17H17N5O.C11H11ClN4O.C6H8BNO2.C6H3Cl2N3.C5H6N2.C5H9NO.3CH4/c31-22(26-18-3-1-9-24-11-18)25-17-7-5-16(6-8-17)20-27-21(19-4-2-10-30(19)28-20)29-12-23(13-29)14-32-15-23;18-13-5-3-12(4-6-13)15-19-16(14-2-1-7-22(14)20-15)21-8-17(9-21)10-23-11-17;12-10-13-9(8-2-1-3-16(8)14-10)15-4-11(5-15)6-17-7-11;8-6-3-1-5(2-4-6)7(9)10;7-5-4-2-1-3-11(4)10-6(8)9-5;6-5-2-1-3-7-4-5;1-5(2-6-1)3-7-4-5;;;/h1-11H,12-15H2,(H2,25,26,31);1-7H,8-11,18H2;1-3H,4-7H2;1-4,9-10H,8H2;1-3H;1-4H,6H2;6H,1-4H2;3*1H4. The van der Waals surface area contributed by atoms with Gasteiger partial charge in [-0.15, -0.1) is 20.4 Å². The molecule has 13 aromatic rings. The SMILES string of the molecule is C.C.C.C1NCC12COC2.Clc1nc(Cl)c2cccn2n1.Clc1nc(N2CC3(COC3)C2)c2cccn2n1.Nc1ccc(-c2nc(N3CC4(COC4)C3)c3cccn3n2)cc1.Nc1ccc(B(O)O)cc1.Nc1cccnc1.O=C(Nc1ccc(-c2nc(N3CC4(COC4)C3)c3cccn3n2)cc1)Nc1cccnc1. The van der Waals surface area contributed by atoms with Gasteiger partial charge in [0.25, 0.3) is 0 Å². The van der Waals surface area contributed by atoms with E-state index in [0.717, 1.165) is 154 Å². The lowest BCUT2D eigenvalue weighted by atomic mass is 9.78. The van der Waals surface area contributed by atoms with E-state index in [2.05, 4.69) is 77.0 Å². The van der Waals surface area contributed by atoms with Gasteiger partial charge in [-0.2, -0.15) is 4.98 Å². The number of urea groups is 1. The number of pyridine rings is 2. The van der Waals surface area contributed by atoms with Crippen molar-refractivity contribution in [2.75, 3.05) is 148 Å². The lowest BCUT2D eigenvalue weighted by Crippen LogP contribution is -2.66. The number of fused-ring (bicyclic) bond motifs is 4. The first kappa shape index (κ1) is 78.7. The minimum Gasteiger partial charge on any atom is -0.423 e. The van der Waals surface area contributed by atoms with Gasteiger partial charge in [0, 0.05) is 129 Å². The van der Waals surface area contributed by atoms with Crippen LogP contribution in [0.1, 0.15) is 22.3 Å². The van der Waals surface area contributed by atoms with Gasteiger partial charge in [0.05, 0.1) is 86.7 Å². The fraction of sp³-hybridized carbons (Fsp3) is 0.303. The predicted octanol–water partition coefficient (Wildman–Crippen LogP) is 9.47. The molecule has 4 spiro atoms. The molecular formula is C76H87BCl3N23O7. The van der Waals surface area contributed by atoms with Crippen LogP contribution in [0.25, 0.3) is 44.8 Å². The first-order valence-electron chi connectivity index (χ1n) is 34.4. The second-order valence-electron chi connectivity index (χ2n) is 27.7. The Kier molecular flexibility index (Phi) is 24.3. The third kappa shape index (κ3) is 17.7. The zero-order valence-electron chi connectivity index (χ0n) is 57.8. The Balaban J connectivity index is 0.000000127. The topological polar surface area (TPSA) is 365 Å². The maximum atomic E-state index is 12.2. The molecule has 21 rings (SSSR count). The highest BCUT2D eigenvalue weighted by Gasteiger charge is 2.52. The second kappa shape index (κ2) is 34.0. The van der Waals surface area contributed by atoms with Crippen molar-refractivity contribution >= 4 is 121 Å². The van der Waals surface area contributed by atoms with E-state index < -0.39 is 7.12 Å². The van der Waals surface area contributed by atoms with Crippen LogP contribution in [0.15, 0.2) is 195 Å². The Morgan fingerprint density at radius 1 is 0.436 bits per heavy atom. The molecule has 34 heteroatoms. The predicted molar refractivity (Wildman–Crippen MR) is 431 cm³/mol. The zero-order valence-corrected chi connectivity index (χ0v) is 60.0. The largest absolute Gasteiger partial charge is 0.488 e. The van der Waals surface area contributed by atoms with Crippen LogP contribution >= 0.6 is 34.8 Å². The number of hydrogen-bond donors (Lipinski definition) is 8. The molecule has 18 heterocycles. The number of ether oxygens (including phenoxy) is 4. The summed E-state index contributed by atoms with van der Waals surface area (Å²) in [6.07, 6.45) is 14.1. The number of nitrogens with zero attached hydrogens (tertiary/aromatic N) is 17. The van der Waals surface area contributed by atoms with Crippen molar-refractivity contribution < 1.29 is 33.8 Å². The zero-order chi connectivity index (χ0) is 73.7. The maximum Gasteiger partial charge on any atom is 0.488 e. The number of anilines is 8. The summed E-state index contributed by atoms with van der Waals surface area (Å²) in [6.45, 7) is 15.5. The first-order valence-corrected chi connectivity index (χ1v) is 35.5. The Morgan fingerprint density at radius 2 is 0.827 bits per heavy atom. The number of benzene rings is 3. The molecule has 572 valence electrons. The van der Waals surface area contributed by atoms with Gasteiger partial charge >= 0.3 is 13.1 Å². The Morgan fingerprint density at radius 3 is 1.20 bits per heavy atom. The van der Waals surface area contributed by atoms with Crippen molar-refractivity contribution in [3.63, 3.8) is 0 Å². The molecule has 30 nitrogen and oxygen atoms in total. The highest BCUT2D eigenvalue weighted by Crippen LogP contribution is 2.44. The molecule has 110 heavy (non-hydrogen) atoms. The minimum absolute atomic E-state index is 0. The van der Waals surface area contributed by atoms with Crippen molar-refractivity contribution in [3.05, 3.63) is 211 Å². The smallest absolute Gasteiger partial charge is 0.423 e. The van der Waals surface area contributed by atoms with Gasteiger partial charge in [0.2, 0.25) is 10.6 Å². The molecule has 10 aromatic heterocycles. The lowest BCUT2D eigenvalue weighted by molar-refractivity contribution is -0.139. The van der Waals surface area contributed by atoms with Gasteiger partial charge in [-0.05, 0) is 162 Å². The summed E-state index contributed by atoms with van der Waals surface area (Å²) in [6, 6.07) is 44.0. The summed E-state index contributed by atoms with van der Waals surface area (Å²) in [5, 5.41) is 44.2. The molecule has 0 bridgehead atoms. The lowest BCUT2D eigenvalue weighted by Gasteiger charge is -2.55. The van der Waals surface area contributed by atoms with E-state index in [0.29, 0.717) is 60.8 Å². The number of halogens is 3. The molecule has 0 atom stereocenters. The fourth-order valence-electron chi connectivity index (χ4n) is 13.2. The van der Waals surface area contributed by atoms with Crippen LogP contribution in [0.5, 0.6) is 0 Å². The average molecular weight is 1550 g/mol. The molecule has 8 saturated heterocycles. The van der Waals surface area contributed by atoms with E-state index in [1.165, 1.54) is 13.1 Å². The molecule has 3 aromatic carbocycles. The monoisotopic (exact) mass is 1550 g/mol. The molecule has 8 aliphatic rings. The van der Waals surface area contributed by atoms with Crippen molar-refractivity contribution in [1.82, 2.24) is 73.7 Å². The van der Waals surface area contributed by atoms with Crippen molar-refractivity contribution in [3.8, 4) is 22.8 Å². The van der Waals surface area contributed by atoms with Crippen LogP contribution in [-0.4, -0.2) is 197 Å². The molecule has 8 aliphatic heterocycles. The minimum atomic E-state index is -1.40. The van der Waals surface area contributed by atoms with Crippen molar-refractivity contribution in [2.24, 2.45) is 21.7 Å². The molecule has 11 N–H and O–H groups in total. The number of nitrogens with two attached hydrogens (primary N) is 3. The average Bonchev–Trinajstić information content (AvgIpc) is 1.15. The number of rotatable bonds is 8. The molecule has 0 radical (unpaired) electrons. The summed E-state index contributed by atoms with van der Waals surface area (Å²) in [7, 11) is -1.40. The Hall–Kier alpha value is -10.8. The second-order valence-corrected chi connectivity index (χ2v) is 28.8. The number of hydrogen-bond acceptors (Lipinski definition) is 24. The molecule has 8 fully saturated rings. The van der Waals surface area contributed by atoms with Gasteiger partial charge in [-0.3, -0.25) is 9.97 Å². The maximum absolute atomic E-state index is 12.2. The third-order valence-corrected chi connectivity index (χ3v) is 19.7. The number of carbonyl (C=O) groups is 1. The third-order valence-electron chi connectivity index (χ3n) is 19.1. The van der Waals surface area contributed by atoms with E-state index in [9.17, 15) is 4.79 Å². The summed E-state index contributed by atoms with van der Waals surface area (Å²) >= 11 is 17.2. The Bertz CT molecular complexity index is 5180. The number of amides is 2. The number of nitrogens with one attached hydrogen (secondary N) is 3. The highest BCUT2D eigenvalue weighted by atomic mass is 35.5. The van der Waals surface area contributed by atoms with Gasteiger partial charge < -0.3 is 76.8 Å². The summed E-state index contributed by atoms with van der Waals surface area (Å²) in [4.78, 5) is 44.6. The molecular weight excluding hydrogens is 1460 g/mol. The quantitative estimate of drug-likeness (QED) is 0.0518. The van der Waals surface area contributed by atoms with Gasteiger partial charge in [-0.25, -0.2) is 37.8 Å². The van der Waals surface area contributed by atoms with E-state index in [1.54, 1.807) is 88.5 Å². The molecule has 2 amide bonds. The van der Waals surface area contributed by atoms with Crippen LogP contribution in [0.4, 0.5) is 50.7 Å². The van der Waals surface area contributed by atoms with Gasteiger partial charge in [0.1, 0.15) is 22.1 Å². The number of carbonyl (C=O) groups excluding carboxylic acids is 1. The van der Waals surface area contributed by atoms with Crippen LogP contribution < -0.4 is 53.3 Å². The van der Waals surface area contributed by atoms with Gasteiger partial charge in [0.15, 0.2) is 34.3 Å². The van der Waals surface area contributed by atoms with Gasteiger partial charge in [-0.1, -0.05) is 46.0 Å². The first-order chi connectivity index (χ1) is 51.9. The summed E-state index contributed by atoms with van der Waals surface area (Å²) in [5.41, 5.74) is 27.5. The van der Waals surface area contributed by atoms with Crippen molar-refractivity contribution in [1.29, 1.82) is 0 Å². The molecule has 0 saturated carbocycles. The van der Waals surface area contributed by atoms with E-state index in [1.807, 2.05) is 119 Å². The number of aromatic nitrogens is 14. The summed E-state index contributed by atoms with van der Waals surface area (Å²) < 4.78 is 28.2.